The molecule has 0 saturated heterocycles. The van der Waals surface area contributed by atoms with Gasteiger partial charge in [-0.15, -0.1) is 0 Å². The molecule has 0 spiro atoms. The van der Waals surface area contributed by atoms with Crippen molar-refractivity contribution in [3.8, 4) is 0 Å². The molecule has 0 aromatic carbocycles. The Kier molecular flexibility index (Phi) is 9.05. The Hall–Kier alpha value is -1.19. The molecule has 0 aromatic rings. The molecular weight excluding hydrogens is 180 g/mol. The first-order chi connectivity index (χ1) is 6.81. The lowest BCUT2D eigenvalue weighted by atomic mass is 10.2. The van der Waals surface area contributed by atoms with Gasteiger partial charge in [0.1, 0.15) is 0 Å². The molecule has 0 aromatic heterocycles. The normalized spacial score (nSPS) is 9.21. The summed E-state index contributed by atoms with van der Waals surface area (Å²) in [4.78, 5) is 9.90. The first-order valence-electron chi connectivity index (χ1n) is 4.95. The van der Waals surface area contributed by atoms with E-state index in [1.54, 1.807) is 7.11 Å². The number of hydrogen-bond acceptors (Lipinski definition) is 3. The molecule has 0 aliphatic carbocycles. The zero-order chi connectivity index (χ0) is 10.6. The Morgan fingerprint density at radius 2 is 1.93 bits per heavy atom. The van der Waals surface area contributed by atoms with E-state index in [0.717, 1.165) is 45.2 Å². The number of nitrogens with one attached hydrogen (secondary N) is 2. The van der Waals surface area contributed by atoms with E-state index in [2.05, 4.69) is 17.2 Å². The second kappa shape index (κ2) is 9.89. The Morgan fingerprint density at radius 1 is 1.29 bits per heavy atom. The third-order valence-corrected chi connectivity index (χ3v) is 1.90. The number of carbonyl (C=O) groups excluding carboxylic acids is 1. The lowest BCUT2D eigenvalue weighted by molar-refractivity contribution is -0.109. The highest BCUT2D eigenvalue weighted by Crippen LogP contribution is 1.98. The fraction of sp³-hybridized carbons (Fsp3) is 0.700. The molecule has 14 heavy (non-hydrogen) atoms. The molecule has 0 heterocycles. The number of ether oxygens (including phenoxy) is 1. The van der Waals surface area contributed by atoms with Gasteiger partial charge in [0, 0.05) is 13.1 Å². The topological polar surface area (TPSA) is 50.4 Å². The summed E-state index contributed by atoms with van der Waals surface area (Å²) in [7, 11) is 1.60. The van der Waals surface area contributed by atoms with Crippen molar-refractivity contribution in [2.45, 2.75) is 25.7 Å². The second-order valence-corrected chi connectivity index (χ2v) is 3.04. The Bertz CT molecular complexity index is 160. The summed E-state index contributed by atoms with van der Waals surface area (Å²) >= 11 is 0. The van der Waals surface area contributed by atoms with E-state index in [1.807, 2.05) is 0 Å². The van der Waals surface area contributed by atoms with E-state index in [9.17, 15) is 4.79 Å². The van der Waals surface area contributed by atoms with Gasteiger partial charge >= 0.3 is 0 Å². The highest BCUT2D eigenvalue weighted by atomic mass is 16.5. The van der Waals surface area contributed by atoms with E-state index in [0.29, 0.717) is 5.88 Å². The average Bonchev–Trinajstić information content (AvgIpc) is 2.21. The number of amides is 1. The molecule has 0 radical (unpaired) electrons. The van der Waals surface area contributed by atoms with Crippen molar-refractivity contribution in [2.75, 3.05) is 20.2 Å². The fourth-order valence-corrected chi connectivity index (χ4v) is 1.06. The van der Waals surface area contributed by atoms with Crippen LogP contribution in [0.1, 0.15) is 25.7 Å². The third-order valence-electron chi connectivity index (χ3n) is 1.90. The highest BCUT2D eigenvalue weighted by molar-refractivity contribution is 5.45. The predicted molar refractivity (Wildman–Crippen MR) is 56.7 cm³/mol. The maximum Gasteiger partial charge on any atom is 0.207 e. The van der Waals surface area contributed by atoms with Crippen molar-refractivity contribution in [1.29, 1.82) is 0 Å². The van der Waals surface area contributed by atoms with Crippen LogP contribution in [-0.2, 0) is 9.53 Å². The SMILES string of the molecule is C=C(NCCCCCCNC=O)OC. The van der Waals surface area contributed by atoms with Crippen LogP contribution in [0.3, 0.4) is 0 Å². The summed E-state index contributed by atoms with van der Waals surface area (Å²) in [5.41, 5.74) is 0. The Labute approximate surface area is 85.7 Å². The van der Waals surface area contributed by atoms with E-state index < -0.39 is 0 Å². The second-order valence-electron chi connectivity index (χ2n) is 3.04. The Balaban J connectivity index is 2.98. The van der Waals surface area contributed by atoms with Gasteiger partial charge in [-0.05, 0) is 19.4 Å². The Morgan fingerprint density at radius 3 is 2.50 bits per heavy atom. The van der Waals surface area contributed by atoms with Gasteiger partial charge in [-0.1, -0.05) is 12.8 Å². The zero-order valence-electron chi connectivity index (χ0n) is 8.84. The maximum absolute atomic E-state index is 9.90. The van der Waals surface area contributed by atoms with Crippen LogP contribution in [0.4, 0.5) is 0 Å². The molecule has 0 saturated carbocycles. The van der Waals surface area contributed by atoms with Crippen molar-refractivity contribution in [3.05, 3.63) is 12.5 Å². The molecule has 0 unspecified atom stereocenters. The van der Waals surface area contributed by atoms with Crippen LogP contribution in [0.15, 0.2) is 12.5 Å². The van der Waals surface area contributed by atoms with Crippen LogP contribution in [-0.4, -0.2) is 26.6 Å². The van der Waals surface area contributed by atoms with Crippen LogP contribution in [0.5, 0.6) is 0 Å². The minimum Gasteiger partial charge on any atom is -0.483 e. The number of carbonyl (C=O) groups is 1. The summed E-state index contributed by atoms with van der Waals surface area (Å²) in [5, 5.41) is 5.68. The molecule has 0 rings (SSSR count). The number of rotatable bonds is 10. The molecule has 0 atom stereocenters. The van der Waals surface area contributed by atoms with Crippen molar-refractivity contribution in [2.24, 2.45) is 0 Å². The summed E-state index contributed by atoms with van der Waals surface area (Å²) in [6.07, 6.45) is 5.18. The minimum atomic E-state index is 0.618. The average molecular weight is 200 g/mol. The fourth-order valence-electron chi connectivity index (χ4n) is 1.06. The largest absolute Gasteiger partial charge is 0.483 e. The number of hydrogen-bond donors (Lipinski definition) is 2. The molecule has 82 valence electrons. The molecule has 0 aliphatic heterocycles. The molecule has 1 amide bonds. The molecule has 4 heteroatoms. The zero-order valence-corrected chi connectivity index (χ0v) is 8.84. The van der Waals surface area contributed by atoms with E-state index in [-0.39, 0.29) is 0 Å². The summed E-state index contributed by atoms with van der Waals surface area (Å²) in [5.74, 6) is 0.618. The lowest BCUT2D eigenvalue weighted by Gasteiger charge is -2.07. The quantitative estimate of drug-likeness (QED) is 0.314. The van der Waals surface area contributed by atoms with Crippen LogP contribution < -0.4 is 10.6 Å². The minimum absolute atomic E-state index is 0.618. The van der Waals surface area contributed by atoms with Gasteiger partial charge in [-0.3, -0.25) is 4.79 Å². The number of unbranched alkanes of at least 4 members (excludes halogenated alkanes) is 3. The molecule has 2 N–H and O–H groups in total. The first kappa shape index (κ1) is 12.8. The van der Waals surface area contributed by atoms with Gasteiger partial charge in [0.2, 0.25) is 6.41 Å². The lowest BCUT2D eigenvalue weighted by Crippen LogP contribution is -2.15. The molecule has 0 aliphatic rings. The van der Waals surface area contributed by atoms with Crippen molar-refractivity contribution in [3.63, 3.8) is 0 Å². The molecular formula is C10H20N2O2. The van der Waals surface area contributed by atoms with Gasteiger partial charge in [-0.2, -0.15) is 0 Å². The maximum atomic E-state index is 9.90. The van der Waals surface area contributed by atoms with Crippen molar-refractivity contribution < 1.29 is 9.53 Å². The van der Waals surface area contributed by atoms with Gasteiger partial charge in [-0.25, -0.2) is 0 Å². The highest BCUT2D eigenvalue weighted by Gasteiger charge is 1.91. The van der Waals surface area contributed by atoms with E-state index >= 15 is 0 Å². The standard InChI is InChI=1S/C10H20N2O2/c1-10(14-2)12-8-6-4-3-5-7-11-9-13/h9,12H,1,3-8H2,2H3,(H,11,13). The smallest absolute Gasteiger partial charge is 0.207 e. The van der Waals surface area contributed by atoms with Crippen LogP contribution >= 0.6 is 0 Å². The first-order valence-corrected chi connectivity index (χ1v) is 4.95. The summed E-state index contributed by atoms with van der Waals surface area (Å²) in [6, 6.07) is 0. The van der Waals surface area contributed by atoms with Crippen LogP contribution in [0.25, 0.3) is 0 Å². The third kappa shape index (κ3) is 8.90. The van der Waals surface area contributed by atoms with Gasteiger partial charge in [0.25, 0.3) is 0 Å². The van der Waals surface area contributed by atoms with Crippen molar-refractivity contribution in [1.82, 2.24) is 10.6 Å². The van der Waals surface area contributed by atoms with Crippen LogP contribution in [0, 0.1) is 0 Å². The van der Waals surface area contributed by atoms with Gasteiger partial charge in [0.05, 0.1) is 7.11 Å². The molecule has 0 bridgehead atoms. The van der Waals surface area contributed by atoms with Crippen molar-refractivity contribution >= 4 is 6.41 Å². The van der Waals surface area contributed by atoms with E-state index in [1.165, 1.54) is 0 Å². The summed E-state index contributed by atoms with van der Waals surface area (Å²) in [6.45, 7) is 5.33. The monoisotopic (exact) mass is 200 g/mol. The van der Waals surface area contributed by atoms with E-state index in [4.69, 9.17) is 4.74 Å². The van der Waals surface area contributed by atoms with Gasteiger partial charge in [0.15, 0.2) is 5.88 Å². The molecule has 0 fully saturated rings. The van der Waals surface area contributed by atoms with Gasteiger partial charge < -0.3 is 15.4 Å². The van der Waals surface area contributed by atoms with Crippen LogP contribution in [0.2, 0.25) is 0 Å². The summed E-state index contributed by atoms with van der Waals surface area (Å²) < 4.78 is 4.86. The molecule has 4 nitrogen and oxygen atoms in total. The predicted octanol–water partition coefficient (Wildman–Crippen LogP) is 1.000. The number of methoxy groups -OCH3 is 1.